The van der Waals surface area contributed by atoms with E-state index in [2.05, 4.69) is 10.2 Å². The van der Waals surface area contributed by atoms with Gasteiger partial charge in [-0.3, -0.25) is 0 Å². The molecule has 1 aromatic carbocycles. The van der Waals surface area contributed by atoms with Gasteiger partial charge in [-0.2, -0.15) is 0 Å². The van der Waals surface area contributed by atoms with Crippen LogP contribution in [0.3, 0.4) is 0 Å². The van der Waals surface area contributed by atoms with Crippen LogP contribution in [0.5, 0.6) is 0 Å². The topological polar surface area (TPSA) is 61.0 Å². The summed E-state index contributed by atoms with van der Waals surface area (Å²) in [6, 6.07) is 9.69. The van der Waals surface area contributed by atoms with E-state index in [1.54, 1.807) is 0 Å². The average Bonchev–Trinajstić information content (AvgIpc) is 2.84. The zero-order valence-corrected chi connectivity index (χ0v) is 12.3. The van der Waals surface area contributed by atoms with Gasteiger partial charge in [0.2, 0.25) is 0 Å². The second kappa shape index (κ2) is 5.77. The van der Waals surface area contributed by atoms with E-state index in [1.165, 1.54) is 11.3 Å². The Labute approximate surface area is 117 Å². The van der Waals surface area contributed by atoms with Crippen LogP contribution in [-0.2, 0) is 11.3 Å². The van der Waals surface area contributed by atoms with Gasteiger partial charge in [0.25, 0.3) is 0 Å². The molecule has 1 unspecified atom stereocenters. The van der Waals surface area contributed by atoms with Crippen molar-refractivity contribution in [3.63, 3.8) is 0 Å². The number of benzene rings is 1. The fraction of sp³-hybridized carbons (Fsp3) is 0.429. The summed E-state index contributed by atoms with van der Waals surface area (Å²) in [5.74, 6) is 0. The van der Waals surface area contributed by atoms with Gasteiger partial charge in [0.1, 0.15) is 16.6 Å². The molecule has 0 fully saturated rings. The molecule has 2 N–H and O–H groups in total. The molecule has 0 amide bonds. The molecule has 2 aromatic rings. The van der Waals surface area contributed by atoms with Crippen molar-refractivity contribution in [2.75, 3.05) is 0 Å². The SMILES string of the molecule is CC(C)(C)OCc1nnc(C(N)c2ccccc2)s1. The molecule has 1 atom stereocenters. The Hall–Kier alpha value is -1.30. The number of hydrogen-bond acceptors (Lipinski definition) is 5. The second-order valence-corrected chi connectivity index (χ2v) is 6.42. The van der Waals surface area contributed by atoms with E-state index in [9.17, 15) is 0 Å². The van der Waals surface area contributed by atoms with E-state index in [0.29, 0.717) is 6.61 Å². The summed E-state index contributed by atoms with van der Waals surface area (Å²) in [6.45, 7) is 6.53. The lowest BCUT2D eigenvalue weighted by molar-refractivity contribution is -0.0152. The van der Waals surface area contributed by atoms with Gasteiger partial charge in [-0.05, 0) is 26.3 Å². The van der Waals surface area contributed by atoms with Crippen LogP contribution in [0.25, 0.3) is 0 Å². The smallest absolute Gasteiger partial charge is 0.143 e. The lowest BCUT2D eigenvalue weighted by Gasteiger charge is -2.18. The molecule has 0 saturated carbocycles. The molecule has 0 aliphatic heterocycles. The van der Waals surface area contributed by atoms with Crippen molar-refractivity contribution in [1.82, 2.24) is 10.2 Å². The lowest BCUT2D eigenvalue weighted by Crippen LogP contribution is -2.18. The Morgan fingerprint density at radius 2 is 1.89 bits per heavy atom. The van der Waals surface area contributed by atoms with Crippen LogP contribution in [0, 0.1) is 0 Å². The van der Waals surface area contributed by atoms with E-state index < -0.39 is 0 Å². The highest BCUT2D eigenvalue weighted by Crippen LogP contribution is 2.23. The third-order valence-corrected chi connectivity index (χ3v) is 3.52. The predicted molar refractivity (Wildman–Crippen MR) is 76.9 cm³/mol. The zero-order chi connectivity index (χ0) is 13.9. The van der Waals surface area contributed by atoms with E-state index in [4.69, 9.17) is 10.5 Å². The highest BCUT2D eigenvalue weighted by molar-refractivity contribution is 7.11. The van der Waals surface area contributed by atoms with Crippen LogP contribution >= 0.6 is 11.3 Å². The number of hydrogen-bond donors (Lipinski definition) is 1. The summed E-state index contributed by atoms with van der Waals surface area (Å²) in [4.78, 5) is 0. The van der Waals surface area contributed by atoms with Crippen molar-refractivity contribution in [2.45, 2.75) is 39.0 Å². The van der Waals surface area contributed by atoms with Crippen molar-refractivity contribution >= 4 is 11.3 Å². The summed E-state index contributed by atoms with van der Waals surface area (Å²) >= 11 is 1.50. The Kier molecular flexibility index (Phi) is 4.29. The Morgan fingerprint density at radius 1 is 1.21 bits per heavy atom. The fourth-order valence-electron chi connectivity index (χ4n) is 1.53. The van der Waals surface area contributed by atoms with Gasteiger partial charge in [-0.15, -0.1) is 10.2 Å². The maximum Gasteiger partial charge on any atom is 0.143 e. The fourth-order valence-corrected chi connectivity index (χ4v) is 2.32. The molecule has 2 rings (SSSR count). The molecular weight excluding hydrogens is 258 g/mol. The van der Waals surface area contributed by atoms with Crippen LogP contribution < -0.4 is 5.73 Å². The molecule has 19 heavy (non-hydrogen) atoms. The molecular formula is C14H19N3OS. The van der Waals surface area contributed by atoms with Crippen LogP contribution in [0.15, 0.2) is 30.3 Å². The highest BCUT2D eigenvalue weighted by Gasteiger charge is 2.16. The highest BCUT2D eigenvalue weighted by atomic mass is 32.1. The van der Waals surface area contributed by atoms with Gasteiger partial charge in [-0.1, -0.05) is 41.7 Å². The number of ether oxygens (including phenoxy) is 1. The summed E-state index contributed by atoms with van der Waals surface area (Å²) in [5.41, 5.74) is 7.05. The number of rotatable bonds is 4. The van der Waals surface area contributed by atoms with Crippen molar-refractivity contribution in [2.24, 2.45) is 5.73 Å². The molecule has 0 bridgehead atoms. The molecule has 4 nitrogen and oxygen atoms in total. The van der Waals surface area contributed by atoms with E-state index in [1.807, 2.05) is 51.1 Å². The van der Waals surface area contributed by atoms with Crippen LogP contribution in [0.2, 0.25) is 0 Å². The average molecular weight is 277 g/mol. The molecule has 0 aliphatic rings. The summed E-state index contributed by atoms with van der Waals surface area (Å²) in [6.07, 6.45) is 0. The van der Waals surface area contributed by atoms with E-state index in [0.717, 1.165) is 15.6 Å². The second-order valence-electron chi connectivity index (χ2n) is 5.32. The van der Waals surface area contributed by atoms with Crippen molar-refractivity contribution in [3.05, 3.63) is 45.9 Å². The Morgan fingerprint density at radius 3 is 2.53 bits per heavy atom. The first kappa shape index (κ1) is 14.1. The third kappa shape index (κ3) is 4.09. The van der Waals surface area contributed by atoms with Crippen molar-refractivity contribution in [3.8, 4) is 0 Å². The summed E-state index contributed by atoms with van der Waals surface area (Å²) < 4.78 is 5.68. The maximum atomic E-state index is 6.18. The molecule has 5 heteroatoms. The molecule has 0 saturated heterocycles. The molecule has 1 heterocycles. The minimum absolute atomic E-state index is 0.173. The van der Waals surface area contributed by atoms with Gasteiger partial charge in [-0.25, -0.2) is 0 Å². The first-order valence-electron chi connectivity index (χ1n) is 6.22. The standard InChI is InChI=1S/C14H19N3OS/c1-14(2,3)18-9-11-16-17-13(19-11)12(15)10-7-5-4-6-8-10/h4-8,12H,9,15H2,1-3H3. The minimum atomic E-state index is -0.220. The number of nitrogens with zero attached hydrogens (tertiary/aromatic N) is 2. The predicted octanol–water partition coefficient (Wildman–Crippen LogP) is 2.90. The Balaban J connectivity index is 2.05. The van der Waals surface area contributed by atoms with Gasteiger partial charge in [0.15, 0.2) is 0 Å². The maximum absolute atomic E-state index is 6.18. The first-order chi connectivity index (χ1) is 8.96. The normalized spacial score (nSPS) is 13.5. The van der Waals surface area contributed by atoms with Gasteiger partial charge >= 0.3 is 0 Å². The Bertz CT molecular complexity index is 519. The van der Waals surface area contributed by atoms with Crippen LogP contribution in [-0.4, -0.2) is 15.8 Å². The van der Waals surface area contributed by atoms with Crippen molar-refractivity contribution < 1.29 is 4.74 Å². The quantitative estimate of drug-likeness (QED) is 0.933. The third-order valence-electron chi connectivity index (χ3n) is 2.54. The lowest BCUT2D eigenvalue weighted by atomic mass is 10.1. The molecule has 102 valence electrons. The van der Waals surface area contributed by atoms with Gasteiger partial charge < -0.3 is 10.5 Å². The minimum Gasteiger partial charge on any atom is -0.369 e. The molecule has 0 radical (unpaired) electrons. The summed E-state index contributed by atoms with van der Waals surface area (Å²) in [5, 5.41) is 9.96. The van der Waals surface area contributed by atoms with E-state index in [-0.39, 0.29) is 11.6 Å². The van der Waals surface area contributed by atoms with Gasteiger partial charge in [0.05, 0.1) is 11.6 Å². The number of aromatic nitrogens is 2. The van der Waals surface area contributed by atoms with Crippen molar-refractivity contribution in [1.29, 1.82) is 0 Å². The number of nitrogens with two attached hydrogens (primary N) is 1. The monoisotopic (exact) mass is 277 g/mol. The summed E-state index contributed by atoms with van der Waals surface area (Å²) in [7, 11) is 0. The van der Waals surface area contributed by atoms with Gasteiger partial charge in [0, 0.05) is 0 Å². The van der Waals surface area contributed by atoms with E-state index >= 15 is 0 Å². The zero-order valence-electron chi connectivity index (χ0n) is 11.5. The first-order valence-corrected chi connectivity index (χ1v) is 7.04. The van der Waals surface area contributed by atoms with Crippen LogP contribution in [0.4, 0.5) is 0 Å². The largest absolute Gasteiger partial charge is 0.369 e. The molecule has 1 aromatic heterocycles. The van der Waals surface area contributed by atoms with Crippen LogP contribution in [0.1, 0.15) is 42.4 Å². The molecule has 0 aliphatic carbocycles. The molecule has 0 spiro atoms.